The molecule has 132 valence electrons. The Morgan fingerprint density at radius 1 is 1.12 bits per heavy atom. The molecule has 0 saturated heterocycles. The summed E-state index contributed by atoms with van der Waals surface area (Å²) in [6, 6.07) is 11.8. The number of nitrogens with zero attached hydrogens (tertiary/aromatic N) is 1. The van der Waals surface area contributed by atoms with Crippen LogP contribution in [0.15, 0.2) is 59.8 Å². The van der Waals surface area contributed by atoms with Crippen LogP contribution in [0.3, 0.4) is 0 Å². The lowest BCUT2D eigenvalue weighted by Crippen LogP contribution is -2.36. The van der Waals surface area contributed by atoms with E-state index in [4.69, 9.17) is 4.74 Å². The van der Waals surface area contributed by atoms with Crippen molar-refractivity contribution in [1.29, 1.82) is 0 Å². The van der Waals surface area contributed by atoms with Gasteiger partial charge in [-0.3, -0.25) is 9.78 Å². The summed E-state index contributed by atoms with van der Waals surface area (Å²) in [7, 11) is -3.99. The summed E-state index contributed by atoms with van der Waals surface area (Å²) in [5.74, 6) is -0.693. The van der Waals surface area contributed by atoms with Crippen LogP contribution < -0.4 is 4.72 Å². The van der Waals surface area contributed by atoms with E-state index in [2.05, 4.69) is 9.71 Å². The fraction of sp³-hybridized carbons (Fsp3) is 0.333. The average Bonchev–Trinajstić information content (AvgIpc) is 3.14. The van der Waals surface area contributed by atoms with Crippen molar-refractivity contribution in [2.45, 2.75) is 42.8 Å². The highest BCUT2D eigenvalue weighted by molar-refractivity contribution is 7.90. The molecule has 3 rings (SSSR count). The molecule has 1 aromatic carbocycles. The molecule has 1 heterocycles. The number of aromatic nitrogens is 1. The zero-order valence-electron chi connectivity index (χ0n) is 13.7. The number of carbonyl (C=O) groups excluding carboxylic acids is 1. The average molecular weight is 360 g/mol. The van der Waals surface area contributed by atoms with Gasteiger partial charge in [-0.2, -0.15) is 0 Å². The largest absolute Gasteiger partial charge is 0.360 e. The van der Waals surface area contributed by atoms with Crippen molar-refractivity contribution in [2.24, 2.45) is 0 Å². The fourth-order valence-corrected chi connectivity index (χ4v) is 3.83. The first-order chi connectivity index (χ1) is 12.1. The van der Waals surface area contributed by atoms with E-state index in [-0.39, 0.29) is 11.0 Å². The quantitative estimate of drug-likeness (QED) is 0.856. The number of benzene rings is 1. The van der Waals surface area contributed by atoms with Gasteiger partial charge in [0.25, 0.3) is 15.9 Å². The summed E-state index contributed by atoms with van der Waals surface area (Å²) in [6.45, 7) is 0. The molecule has 1 saturated carbocycles. The Kier molecular flexibility index (Phi) is 5.45. The van der Waals surface area contributed by atoms with Gasteiger partial charge in [-0.05, 0) is 30.5 Å². The van der Waals surface area contributed by atoms with E-state index in [9.17, 15) is 13.2 Å². The molecule has 1 N–H and O–H groups in total. The zero-order valence-corrected chi connectivity index (χ0v) is 14.5. The normalized spacial score (nSPS) is 16.5. The lowest BCUT2D eigenvalue weighted by molar-refractivity contribution is -0.135. The lowest BCUT2D eigenvalue weighted by atomic mass is 10.1. The summed E-state index contributed by atoms with van der Waals surface area (Å²) < 4.78 is 32.8. The SMILES string of the molecule is O=C(NS(=O)(=O)c1cccnc1)[C@@H](OC1CCCC1)c1ccccc1. The first-order valence-corrected chi connectivity index (χ1v) is 9.72. The van der Waals surface area contributed by atoms with Crippen LogP contribution in [0.25, 0.3) is 0 Å². The van der Waals surface area contributed by atoms with Crippen LogP contribution in [0, 0.1) is 0 Å². The van der Waals surface area contributed by atoms with Crippen LogP contribution in [-0.2, 0) is 19.6 Å². The van der Waals surface area contributed by atoms with Gasteiger partial charge in [0.2, 0.25) is 0 Å². The Bertz CT molecular complexity index is 803. The standard InChI is InChI=1S/C18H20N2O4S/c21-18(20-25(22,23)16-11-6-12-19-13-16)17(14-7-2-1-3-8-14)24-15-9-4-5-10-15/h1-3,6-8,11-13,15,17H,4-5,9-10H2,(H,20,21)/t17-/m0/s1. The molecule has 1 aliphatic carbocycles. The van der Waals surface area contributed by atoms with Crippen LogP contribution in [-0.4, -0.2) is 25.4 Å². The topological polar surface area (TPSA) is 85.4 Å². The van der Waals surface area contributed by atoms with Gasteiger partial charge in [0.1, 0.15) is 4.90 Å². The van der Waals surface area contributed by atoms with Crippen LogP contribution >= 0.6 is 0 Å². The third-order valence-electron chi connectivity index (χ3n) is 4.15. The summed E-state index contributed by atoms with van der Waals surface area (Å²) in [6.07, 6.45) is 5.55. The maximum Gasteiger partial charge on any atom is 0.267 e. The number of carbonyl (C=O) groups is 1. The molecule has 25 heavy (non-hydrogen) atoms. The molecular formula is C18H20N2O4S. The van der Waals surface area contributed by atoms with E-state index in [1.807, 2.05) is 6.07 Å². The second kappa shape index (κ2) is 7.76. The van der Waals surface area contributed by atoms with E-state index in [1.165, 1.54) is 24.5 Å². The number of hydrogen-bond acceptors (Lipinski definition) is 5. The Morgan fingerprint density at radius 2 is 1.84 bits per heavy atom. The van der Waals surface area contributed by atoms with E-state index < -0.39 is 22.0 Å². The van der Waals surface area contributed by atoms with Gasteiger partial charge < -0.3 is 4.74 Å². The highest BCUT2D eigenvalue weighted by atomic mass is 32.2. The molecule has 1 fully saturated rings. The van der Waals surface area contributed by atoms with Gasteiger partial charge in [-0.25, -0.2) is 13.1 Å². The van der Waals surface area contributed by atoms with E-state index in [0.717, 1.165) is 25.7 Å². The summed E-state index contributed by atoms with van der Waals surface area (Å²) >= 11 is 0. The van der Waals surface area contributed by atoms with Gasteiger partial charge in [-0.15, -0.1) is 0 Å². The van der Waals surface area contributed by atoms with Crippen molar-refractivity contribution in [2.75, 3.05) is 0 Å². The van der Waals surface area contributed by atoms with Crippen molar-refractivity contribution in [3.05, 3.63) is 60.4 Å². The predicted octanol–water partition coefficient (Wildman–Crippen LogP) is 2.59. The van der Waals surface area contributed by atoms with Gasteiger partial charge >= 0.3 is 0 Å². The minimum atomic E-state index is -3.99. The molecule has 7 heteroatoms. The molecule has 0 spiro atoms. The number of rotatable bonds is 6. The minimum absolute atomic E-state index is 0.0305. The highest BCUT2D eigenvalue weighted by Gasteiger charge is 2.30. The van der Waals surface area contributed by atoms with E-state index in [1.54, 1.807) is 24.3 Å². The summed E-state index contributed by atoms with van der Waals surface area (Å²) in [5, 5.41) is 0. The van der Waals surface area contributed by atoms with Crippen molar-refractivity contribution in [1.82, 2.24) is 9.71 Å². The van der Waals surface area contributed by atoms with Crippen molar-refractivity contribution in [3.63, 3.8) is 0 Å². The summed E-state index contributed by atoms with van der Waals surface area (Å²) in [5.41, 5.74) is 0.633. The maximum absolute atomic E-state index is 12.7. The van der Waals surface area contributed by atoms with Gasteiger partial charge in [0.05, 0.1) is 6.10 Å². The van der Waals surface area contributed by atoms with Crippen LogP contribution in [0.2, 0.25) is 0 Å². The third-order valence-corrected chi connectivity index (χ3v) is 5.48. The summed E-state index contributed by atoms with van der Waals surface area (Å²) in [4.78, 5) is 16.4. The van der Waals surface area contributed by atoms with Crippen molar-refractivity contribution < 1.29 is 17.9 Å². The number of amides is 1. The monoisotopic (exact) mass is 360 g/mol. The van der Waals surface area contributed by atoms with Crippen LogP contribution in [0.5, 0.6) is 0 Å². The molecular weight excluding hydrogens is 340 g/mol. The molecule has 1 amide bonds. The number of sulfonamides is 1. The van der Waals surface area contributed by atoms with Crippen LogP contribution in [0.1, 0.15) is 37.4 Å². The first-order valence-electron chi connectivity index (χ1n) is 8.23. The Labute approximate surface area is 147 Å². The van der Waals surface area contributed by atoms with E-state index in [0.29, 0.717) is 5.56 Å². The number of pyridine rings is 1. The lowest BCUT2D eigenvalue weighted by Gasteiger charge is -2.22. The molecule has 0 aliphatic heterocycles. The third kappa shape index (κ3) is 4.43. The van der Waals surface area contributed by atoms with Gasteiger partial charge in [0, 0.05) is 12.4 Å². The van der Waals surface area contributed by atoms with Crippen molar-refractivity contribution >= 4 is 15.9 Å². The molecule has 1 atom stereocenters. The molecule has 0 radical (unpaired) electrons. The Hall–Kier alpha value is -2.25. The fourth-order valence-electron chi connectivity index (χ4n) is 2.89. The van der Waals surface area contributed by atoms with Crippen LogP contribution in [0.4, 0.5) is 0 Å². The molecule has 2 aromatic rings. The predicted molar refractivity (Wildman–Crippen MR) is 92.1 cm³/mol. The molecule has 0 bridgehead atoms. The Balaban J connectivity index is 1.81. The highest BCUT2D eigenvalue weighted by Crippen LogP contribution is 2.28. The maximum atomic E-state index is 12.7. The molecule has 1 aliphatic rings. The Morgan fingerprint density at radius 3 is 2.48 bits per heavy atom. The van der Waals surface area contributed by atoms with Crippen molar-refractivity contribution in [3.8, 4) is 0 Å². The minimum Gasteiger partial charge on any atom is -0.360 e. The van der Waals surface area contributed by atoms with Gasteiger partial charge in [0.15, 0.2) is 6.10 Å². The molecule has 6 nitrogen and oxygen atoms in total. The molecule has 0 unspecified atom stereocenters. The first kappa shape index (κ1) is 17.6. The second-order valence-corrected chi connectivity index (χ2v) is 7.67. The number of nitrogens with one attached hydrogen (secondary N) is 1. The van der Waals surface area contributed by atoms with Gasteiger partial charge in [-0.1, -0.05) is 43.2 Å². The zero-order chi connectivity index (χ0) is 17.7. The second-order valence-electron chi connectivity index (χ2n) is 5.99. The number of hydrogen-bond donors (Lipinski definition) is 1. The molecule has 1 aromatic heterocycles. The smallest absolute Gasteiger partial charge is 0.267 e. The number of ether oxygens (including phenoxy) is 1. The van der Waals surface area contributed by atoms with E-state index >= 15 is 0 Å².